The Kier molecular flexibility index (Phi) is 2.96. The number of primary amides is 1. The van der Waals surface area contributed by atoms with Gasteiger partial charge >= 0.3 is 0 Å². The predicted octanol–water partition coefficient (Wildman–Crippen LogP) is 1.41. The van der Waals surface area contributed by atoms with E-state index in [9.17, 15) is 9.59 Å². The maximum absolute atomic E-state index is 12.1. The van der Waals surface area contributed by atoms with E-state index in [-0.39, 0.29) is 16.9 Å². The molecule has 2 aromatic rings. The number of nitrogens with zero attached hydrogens (tertiary/aromatic N) is 1. The highest BCUT2D eigenvalue weighted by Gasteiger charge is 2.16. The highest BCUT2D eigenvalue weighted by atomic mass is 16.1. The number of carbonyl (C=O) groups excluding carboxylic acids is 2. The summed E-state index contributed by atoms with van der Waals surface area (Å²) < 4.78 is 0. The Morgan fingerprint density at radius 2 is 1.59 bits per heavy atom. The van der Waals surface area contributed by atoms with Crippen LogP contribution in [0, 0.1) is 0 Å². The van der Waals surface area contributed by atoms with Crippen molar-refractivity contribution in [2.75, 3.05) is 0 Å². The van der Waals surface area contributed by atoms with Crippen LogP contribution in [-0.4, -0.2) is 16.7 Å². The molecule has 0 unspecified atom stereocenters. The van der Waals surface area contributed by atoms with Crippen molar-refractivity contribution in [3.05, 3.63) is 65.5 Å². The lowest BCUT2D eigenvalue weighted by molar-refractivity contribution is 0.0980. The van der Waals surface area contributed by atoms with Crippen LogP contribution in [0.1, 0.15) is 26.4 Å². The lowest BCUT2D eigenvalue weighted by Crippen LogP contribution is -2.17. The molecule has 0 atom stereocenters. The van der Waals surface area contributed by atoms with Gasteiger partial charge in [-0.05, 0) is 18.2 Å². The molecule has 0 aliphatic carbocycles. The minimum Gasteiger partial charge on any atom is -0.366 e. The molecule has 0 saturated heterocycles. The number of rotatable bonds is 3. The highest BCUT2D eigenvalue weighted by molar-refractivity contribution is 6.14. The van der Waals surface area contributed by atoms with Crippen LogP contribution in [0.5, 0.6) is 0 Å². The Labute approximate surface area is 98.1 Å². The van der Waals surface area contributed by atoms with Gasteiger partial charge < -0.3 is 5.73 Å². The number of pyridine rings is 1. The molecule has 0 saturated carbocycles. The maximum Gasteiger partial charge on any atom is 0.249 e. The van der Waals surface area contributed by atoms with Gasteiger partial charge in [-0.1, -0.05) is 24.3 Å². The first-order valence-electron chi connectivity index (χ1n) is 5.04. The number of nitrogens with two attached hydrogens (primary N) is 1. The van der Waals surface area contributed by atoms with Crippen molar-refractivity contribution in [2.24, 2.45) is 5.73 Å². The van der Waals surface area contributed by atoms with Crippen molar-refractivity contribution in [2.45, 2.75) is 0 Å². The predicted molar refractivity (Wildman–Crippen MR) is 62.6 cm³/mol. The summed E-state index contributed by atoms with van der Waals surface area (Å²) in [6, 6.07) is 11.5. The van der Waals surface area contributed by atoms with Crippen molar-refractivity contribution in [1.29, 1.82) is 0 Å². The number of hydrogen-bond donors (Lipinski definition) is 1. The highest BCUT2D eigenvalue weighted by Crippen LogP contribution is 2.12. The van der Waals surface area contributed by atoms with Gasteiger partial charge in [0.2, 0.25) is 11.7 Å². The van der Waals surface area contributed by atoms with Crippen molar-refractivity contribution in [3.63, 3.8) is 0 Å². The van der Waals surface area contributed by atoms with E-state index in [0.717, 1.165) is 0 Å². The third-order valence-electron chi connectivity index (χ3n) is 2.33. The Bertz CT molecular complexity index is 565. The molecule has 1 aromatic heterocycles. The van der Waals surface area contributed by atoms with Crippen LogP contribution < -0.4 is 5.73 Å². The zero-order valence-corrected chi connectivity index (χ0v) is 8.96. The summed E-state index contributed by atoms with van der Waals surface area (Å²) >= 11 is 0. The second-order valence-electron chi connectivity index (χ2n) is 3.45. The molecule has 0 fully saturated rings. The Morgan fingerprint density at radius 1 is 0.941 bits per heavy atom. The molecule has 17 heavy (non-hydrogen) atoms. The molecule has 0 aliphatic heterocycles. The first kappa shape index (κ1) is 11.0. The molecule has 84 valence electrons. The molecular weight excluding hydrogens is 216 g/mol. The summed E-state index contributed by atoms with van der Waals surface area (Å²) in [6.45, 7) is 0. The van der Waals surface area contributed by atoms with Gasteiger partial charge in [0.15, 0.2) is 0 Å². The average molecular weight is 226 g/mol. The molecule has 1 amide bonds. The van der Waals surface area contributed by atoms with E-state index in [0.29, 0.717) is 5.69 Å². The van der Waals surface area contributed by atoms with Crippen LogP contribution in [0.15, 0.2) is 48.7 Å². The Morgan fingerprint density at radius 3 is 2.18 bits per heavy atom. The van der Waals surface area contributed by atoms with E-state index in [4.69, 9.17) is 5.73 Å². The second kappa shape index (κ2) is 4.57. The first-order chi connectivity index (χ1) is 8.20. The molecule has 2 rings (SSSR count). The zero-order chi connectivity index (χ0) is 12.3. The van der Waals surface area contributed by atoms with Crippen molar-refractivity contribution >= 4 is 11.7 Å². The molecule has 4 nitrogen and oxygen atoms in total. The van der Waals surface area contributed by atoms with Crippen LogP contribution in [0.3, 0.4) is 0 Å². The molecular formula is C13H10N2O2. The smallest absolute Gasteiger partial charge is 0.249 e. The van der Waals surface area contributed by atoms with Crippen molar-refractivity contribution < 1.29 is 9.59 Å². The number of ketones is 1. The molecule has 4 heteroatoms. The van der Waals surface area contributed by atoms with Gasteiger partial charge in [-0.3, -0.25) is 14.6 Å². The van der Waals surface area contributed by atoms with Crippen LogP contribution >= 0.6 is 0 Å². The normalized spacial score (nSPS) is 9.88. The van der Waals surface area contributed by atoms with Gasteiger partial charge in [-0.25, -0.2) is 0 Å². The molecule has 2 N–H and O–H groups in total. The Hall–Kier alpha value is -2.49. The molecule has 1 aromatic carbocycles. The summed E-state index contributed by atoms with van der Waals surface area (Å²) in [4.78, 5) is 27.3. The topological polar surface area (TPSA) is 73.1 Å². The van der Waals surface area contributed by atoms with Gasteiger partial charge in [-0.2, -0.15) is 0 Å². The molecule has 0 bridgehead atoms. The zero-order valence-electron chi connectivity index (χ0n) is 8.96. The monoisotopic (exact) mass is 226 g/mol. The van der Waals surface area contributed by atoms with Crippen molar-refractivity contribution in [3.8, 4) is 0 Å². The van der Waals surface area contributed by atoms with E-state index in [1.807, 2.05) is 0 Å². The fourth-order valence-electron chi connectivity index (χ4n) is 1.53. The number of amides is 1. The van der Waals surface area contributed by atoms with E-state index in [1.54, 1.807) is 36.4 Å². The minimum atomic E-state index is -0.620. The van der Waals surface area contributed by atoms with Crippen molar-refractivity contribution in [1.82, 2.24) is 4.98 Å². The third kappa shape index (κ3) is 2.20. The first-order valence-corrected chi connectivity index (χ1v) is 5.04. The average Bonchev–Trinajstić information content (AvgIpc) is 2.39. The van der Waals surface area contributed by atoms with Gasteiger partial charge in [-0.15, -0.1) is 0 Å². The third-order valence-corrected chi connectivity index (χ3v) is 2.33. The number of aromatic nitrogens is 1. The number of hydrogen-bond acceptors (Lipinski definition) is 3. The van der Waals surface area contributed by atoms with Gasteiger partial charge in [0.25, 0.3) is 0 Å². The van der Waals surface area contributed by atoms with Gasteiger partial charge in [0, 0.05) is 11.8 Å². The minimum absolute atomic E-state index is 0.211. The lowest BCUT2D eigenvalue weighted by Gasteiger charge is -2.04. The summed E-state index contributed by atoms with van der Waals surface area (Å²) in [5.41, 5.74) is 6.00. The Balaban J connectivity index is 2.48. The molecule has 0 aliphatic rings. The summed E-state index contributed by atoms with van der Waals surface area (Å²) in [7, 11) is 0. The van der Waals surface area contributed by atoms with Crippen LogP contribution in [-0.2, 0) is 0 Å². The standard InChI is InChI=1S/C13H10N2O2/c14-13(17)10-6-2-1-5-9(10)12(16)11-7-3-4-8-15-11/h1-8H,(H2,14,17). The largest absolute Gasteiger partial charge is 0.366 e. The van der Waals surface area contributed by atoms with Gasteiger partial charge in [0.1, 0.15) is 5.69 Å². The van der Waals surface area contributed by atoms with Crippen LogP contribution in [0.4, 0.5) is 0 Å². The van der Waals surface area contributed by atoms with E-state index < -0.39 is 5.91 Å². The molecule has 0 radical (unpaired) electrons. The SMILES string of the molecule is NC(=O)c1ccccc1C(=O)c1ccccn1. The fourth-order valence-corrected chi connectivity index (χ4v) is 1.53. The lowest BCUT2D eigenvalue weighted by atomic mass is 10.0. The summed E-state index contributed by atoms with van der Waals surface area (Å²) in [5.74, 6) is -0.926. The number of benzene rings is 1. The quantitative estimate of drug-likeness (QED) is 0.804. The van der Waals surface area contributed by atoms with E-state index in [2.05, 4.69) is 4.98 Å². The number of carbonyl (C=O) groups is 2. The second-order valence-corrected chi connectivity index (χ2v) is 3.45. The summed E-state index contributed by atoms with van der Waals surface area (Å²) in [5, 5.41) is 0. The molecule has 1 heterocycles. The maximum atomic E-state index is 12.1. The van der Waals surface area contributed by atoms with Gasteiger partial charge in [0.05, 0.1) is 5.56 Å². The van der Waals surface area contributed by atoms with Crippen LogP contribution in [0.2, 0.25) is 0 Å². The van der Waals surface area contributed by atoms with E-state index in [1.165, 1.54) is 12.3 Å². The van der Waals surface area contributed by atoms with Crippen LogP contribution in [0.25, 0.3) is 0 Å². The summed E-state index contributed by atoms with van der Waals surface area (Å²) in [6.07, 6.45) is 1.53. The fraction of sp³-hybridized carbons (Fsp3) is 0. The van der Waals surface area contributed by atoms with E-state index >= 15 is 0 Å². The molecule has 0 spiro atoms.